The molecular weight excluding hydrogens is 246 g/mol. The predicted molar refractivity (Wildman–Crippen MR) is 58.8 cm³/mol. The molecule has 0 aliphatic rings. The molecule has 0 fully saturated rings. The second-order valence-corrected chi connectivity index (χ2v) is 3.62. The van der Waals surface area contributed by atoms with Gasteiger partial charge in [0.25, 0.3) is 0 Å². The summed E-state index contributed by atoms with van der Waals surface area (Å²) in [6, 6.07) is 1.03. The zero-order valence-corrected chi connectivity index (χ0v) is 9.54. The van der Waals surface area contributed by atoms with Gasteiger partial charge >= 0.3 is 12.0 Å². The van der Waals surface area contributed by atoms with Crippen molar-refractivity contribution in [1.82, 2.24) is 10.6 Å². The van der Waals surface area contributed by atoms with Crippen LogP contribution in [0.25, 0.3) is 0 Å². The number of carbonyl (C=O) groups is 2. The Morgan fingerprint density at radius 1 is 1.39 bits per heavy atom. The van der Waals surface area contributed by atoms with Crippen molar-refractivity contribution in [2.45, 2.75) is 19.5 Å². The summed E-state index contributed by atoms with van der Waals surface area (Å²) in [6.45, 7) is 1.05. The van der Waals surface area contributed by atoms with E-state index in [0.29, 0.717) is 0 Å². The van der Waals surface area contributed by atoms with Gasteiger partial charge in [0.05, 0.1) is 0 Å². The number of carbonyl (C=O) groups excluding carboxylic acids is 1. The number of nitrogens with one attached hydrogen (secondary N) is 2. The third-order valence-electron chi connectivity index (χ3n) is 2.17. The van der Waals surface area contributed by atoms with E-state index in [-0.39, 0.29) is 12.1 Å². The lowest BCUT2D eigenvalue weighted by Gasteiger charge is -2.11. The first-order chi connectivity index (χ1) is 8.40. The molecule has 0 spiro atoms. The summed E-state index contributed by atoms with van der Waals surface area (Å²) in [6.07, 6.45) is 0. The van der Waals surface area contributed by atoms with Gasteiger partial charge in [0.2, 0.25) is 0 Å². The standard InChI is InChI=1S/C11H12F2N2O3/c1-6(10(16)17)15-11(18)14-5-7-4-8(12)2-3-9(7)13/h2-4,6H,5H2,1H3,(H,16,17)(H2,14,15,18)/t6-/m1/s1. The summed E-state index contributed by atoms with van der Waals surface area (Å²) in [5.74, 6) is -2.46. The molecule has 98 valence electrons. The Hall–Kier alpha value is -2.18. The van der Waals surface area contributed by atoms with E-state index in [9.17, 15) is 18.4 Å². The normalized spacial score (nSPS) is 11.7. The zero-order valence-electron chi connectivity index (χ0n) is 9.54. The Morgan fingerprint density at radius 2 is 2.06 bits per heavy atom. The molecule has 1 aromatic carbocycles. The van der Waals surface area contributed by atoms with Gasteiger partial charge in [-0.1, -0.05) is 0 Å². The molecule has 0 heterocycles. The average molecular weight is 258 g/mol. The molecule has 0 radical (unpaired) electrons. The van der Waals surface area contributed by atoms with E-state index in [1.807, 2.05) is 0 Å². The summed E-state index contributed by atoms with van der Waals surface area (Å²) in [5.41, 5.74) is -0.0203. The molecule has 0 bridgehead atoms. The molecule has 1 aromatic rings. The number of halogens is 2. The van der Waals surface area contributed by atoms with Crippen LogP contribution in [-0.4, -0.2) is 23.1 Å². The van der Waals surface area contributed by atoms with Gasteiger partial charge in [-0.25, -0.2) is 13.6 Å². The number of aliphatic carboxylic acids is 1. The molecule has 0 aliphatic heterocycles. The first-order valence-electron chi connectivity index (χ1n) is 5.11. The van der Waals surface area contributed by atoms with E-state index in [1.54, 1.807) is 0 Å². The molecule has 18 heavy (non-hydrogen) atoms. The van der Waals surface area contributed by atoms with Crippen LogP contribution < -0.4 is 10.6 Å². The van der Waals surface area contributed by atoms with Crippen molar-refractivity contribution in [3.05, 3.63) is 35.4 Å². The molecule has 2 amide bonds. The number of hydrogen-bond acceptors (Lipinski definition) is 2. The summed E-state index contributed by atoms with van der Waals surface area (Å²) >= 11 is 0. The van der Waals surface area contributed by atoms with E-state index in [2.05, 4.69) is 10.6 Å². The first-order valence-corrected chi connectivity index (χ1v) is 5.11. The SMILES string of the molecule is C[C@@H](NC(=O)NCc1cc(F)ccc1F)C(=O)O. The number of benzene rings is 1. The lowest BCUT2D eigenvalue weighted by Crippen LogP contribution is -2.44. The highest BCUT2D eigenvalue weighted by Gasteiger charge is 2.13. The van der Waals surface area contributed by atoms with E-state index in [1.165, 1.54) is 6.92 Å². The molecular formula is C11H12F2N2O3. The van der Waals surface area contributed by atoms with Crippen LogP contribution in [-0.2, 0) is 11.3 Å². The number of urea groups is 1. The highest BCUT2D eigenvalue weighted by molar-refractivity contribution is 5.82. The lowest BCUT2D eigenvalue weighted by molar-refractivity contribution is -0.138. The molecule has 0 aliphatic carbocycles. The molecule has 3 N–H and O–H groups in total. The van der Waals surface area contributed by atoms with Crippen LogP contribution in [0.4, 0.5) is 13.6 Å². The van der Waals surface area contributed by atoms with E-state index in [0.717, 1.165) is 18.2 Å². The molecule has 0 saturated heterocycles. The van der Waals surface area contributed by atoms with Gasteiger partial charge in [0.1, 0.15) is 17.7 Å². The van der Waals surface area contributed by atoms with Crippen molar-refractivity contribution in [1.29, 1.82) is 0 Å². The van der Waals surface area contributed by atoms with Crippen LogP contribution in [0.15, 0.2) is 18.2 Å². The second-order valence-electron chi connectivity index (χ2n) is 3.62. The smallest absolute Gasteiger partial charge is 0.325 e. The van der Waals surface area contributed by atoms with E-state index >= 15 is 0 Å². The average Bonchev–Trinajstić information content (AvgIpc) is 2.30. The molecule has 5 nitrogen and oxygen atoms in total. The molecule has 1 atom stereocenters. The van der Waals surface area contributed by atoms with Crippen molar-refractivity contribution in [2.75, 3.05) is 0 Å². The number of amides is 2. The maximum atomic E-state index is 13.2. The maximum absolute atomic E-state index is 13.2. The highest BCUT2D eigenvalue weighted by Crippen LogP contribution is 2.08. The van der Waals surface area contributed by atoms with Crippen LogP contribution in [0.5, 0.6) is 0 Å². The van der Waals surface area contributed by atoms with Gasteiger partial charge in [-0.05, 0) is 25.1 Å². The minimum Gasteiger partial charge on any atom is -0.480 e. The van der Waals surface area contributed by atoms with Crippen LogP contribution in [0.1, 0.15) is 12.5 Å². The summed E-state index contributed by atoms with van der Waals surface area (Å²) in [4.78, 5) is 21.7. The van der Waals surface area contributed by atoms with Crippen molar-refractivity contribution in [3.8, 4) is 0 Å². The van der Waals surface area contributed by atoms with E-state index < -0.39 is 29.7 Å². The monoisotopic (exact) mass is 258 g/mol. The molecule has 0 aromatic heterocycles. The van der Waals surface area contributed by atoms with Crippen LogP contribution in [0, 0.1) is 11.6 Å². The summed E-state index contributed by atoms with van der Waals surface area (Å²) in [5, 5.41) is 12.9. The lowest BCUT2D eigenvalue weighted by atomic mass is 10.2. The van der Waals surface area contributed by atoms with E-state index in [4.69, 9.17) is 5.11 Å². The number of carboxylic acids is 1. The molecule has 0 saturated carbocycles. The fourth-order valence-electron chi connectivity index (χ4n) is 1.16. The van der Waals surface area contributed by atoms with Crippen molar-refractivity contribution < 1.29 is 23.5 Å². The highest BCUT2D eigenvalue weighted by atomic mass is 19.1. The first kappa shape index (κ1) is 13.9. The predicted octanol–water partition coefficient (Wildman–Crippen LogP) is 1.24. The topological polar surface area (TPSA) is 78.4 Å². The zero-order chi connectivity index (χ0) is 13.7. The quantitative estimate of drug-likeness (QED) is 0.760. The van der Waals surface area contributed by atoms with Gasteiger partial charge in [0, 0.05) is 12.1 Å². The van der Waals surface area contributed by atoms with Gasteiger partial charge in [0.15, 0.2) is 0 Å². The van der Waals surface area contributed by atoms with Crippen LogP contribution >= 0.6 is 0 Å². The Morgan fingerprint density at radius 3 is 2.67 bits per heavy atom. The minimum absolute atomic E-state index is 0.0203. The Bertz CT molecular complexity index is 466. The van der Waals surface area contributed by atoms with Crippen molar-refractivity contribution in [2.24, 2.45) is 0 Å². The Balaban J connectivity index is 2.52. The Labute approximate surface area is 102 Å². The number of carboxylic acid groups (broad SMARTS) is 1. The van der Waals surface area contributed by atoms with Gasteiger partial charge in [-0.2, -0.15) is 0 Å². The van der Waals surface area contributed by atoms with Crippen LogP contribution in [0.2, 0.25) is 0 Å². The summed E-state index contributed by atoms with van der Waals surface area (Å²) in [7, 11) is 0. The second kappa shape index (κ2) is 5.95. The fraction of sp³-hybridized carbons (Fsp3) is 0.273. The molecule has 1 rings (SSSR count). The van der Waals surface area contributed by atoms with Crippen LogP contribution in [0.3, 0.4) is 0 Å². The van der Waals surface area contributed by atoms with Gasteiger partial charge in [-0.3, -0.25) is 4.79 Å². The fourth-order valence-corrected chi connectivity index (χ4v) is 1.16. The van der Waals surface area contributed by atoms with Crippen molar-refractivity contribution >= 4 is 12.0 Å². The maximum Gasteiger partial charge on any atom is 0.325 e. The third kappa shape index (κ3) is 4.00. The number of rotatable bonds is 4. The molecule has 7 heteroatoms. The van der Waals surface area contributed by atoms with Gasteiger partial charge < -0.3 is 15.7 Å². The largest absolute Gasteiger partial charge is 0.480 e. The van der Waals surface area contributed by atoms with Gasteiger partial charge in [-0.15, -0.1) is 0 Å². The number of hydrogen-bond donors (Lipinski definition) is 3. The molecule has 0 unspecified atom stereocenters. The minimum atomic E-state index is -1.19. The third-order valence-corrected chi connectivity index (χ3v) is 2.17. The van der Waals surface area contributed by atoms with Crippen molar-refractivity contribution in [3.63, 3.8) is 0 Å². The Kier molecular flexibility index (Phi) is 4.59. The summed E-state index contributed by atoms with van der Waals surface area (Å²) < 4.78 is 26.0.